The van der Waals surface area contributed by atoms with E-state index < -0.39 is 0 Å². The van der Waals surface area contributed by atoms with Gasteiger partial charge in [0.05, 0.1) is 17.3 Å². The lowest BCUT2D eigenvalue weighted by molar-refractivity contribution is 0.615. The van der Waals surface area contributed by atoms with E-state index in [0.717, 1.165) is 41.0 Å². The van der Waals surface area contributed by atoms with Crippen LogP contribution in [0.15, 0.2) is 42.9 Å². The number of nitrogens with one attached hydrogen (secondary N) is 1. The maximum Gasteiger partial charge on any atom is 0.178 e. The first-order chi connectivity index (χ1) is 13.2. The van der Waals surface area contributed by atoms with Gasteiger partial charge in [-0.25, -0.2) is 9.97 Å². The second-order valence-electron chi connectivity index (χ2n) is 7.31. The summed E-state index contributed by atoms with van der Waals surface area (Å²) in [7, 11) is 1.90. The Kier molecular flexibility index (Phi) is 3.79. The molecule has 6 nitrogen and oxygen atoms in total. The van der Waals surface area contributed by atoms with Gasteiger partial charge in [-0.2, -0.15) is 5.10 Å². The maximum atomic E-state index is 6.36. The van der Waals surface area contributed by atoms with E-state index >= 15 is 0 Å². The van der Waals surface area contributed by atoms with Gasteiger partial charge >= 0.3 is 0 Å². The minimum absolute atomic E-state index is 0.151. The van der Waals surface area contributed by atoms with Crippen LogP contribution in [0.3, 0.4) is 0 Å². The van der Waals surface area contributed by atoms with Crippen LogP contribution in [0, 0.1) is 0 Å². The highest BCUT2D eigenvalue weighted by Crippen LogP contribution is 2.33. The van der Waals surface area contributed by atoms with Crippen molar-refractivity contribution in [1.29, 1.82) is 0 Å². The summed E-state index contributed by atoms with van der Waals surface area (Å²) >= 11 is 0. The number of pyridine rings is 1. The zero-order chi connectivity index (χ0) is 18.4. The number of nitrogens with two attached hydrogens (primary N) is 1. The van der Waals surface area contributed by atoms with Gasteiger partial charge in [-0.1, -0.05) is 24.6 Å². The normalized spacial score (nSPS) is 17.0. The third kappa shape index (κ3) is 2.82. The maximum absolute atomic E-state index is 6.36. The fourth-order valence-corrected chi connectivity index (χ4v) is 4.02. The highest BCUT2D eigenvalue weighted by atomic mass is 15.2. The van der Waals surface area contributed by atoms with Crippen LogP contribution in [0.4, 0.5) is 0 Å². The molecule has 0 bridgehead atoms. The Bertz CT molecular complexity index is 1120. The lowest BCUT2D eigenvalue weighted by Gasteiger charge is -2.14. The van der Waals surface area contributed by atoms with Gasteiger partial charge in [0, 0.05) is 31.0 Å². The van der Waals surface area contributed by atoms with Crippen LogP contribution < -0.4 is 5.73 Å². The molecule has 1 atom stereocenters. The van der Waals surface area contributed by atoms with Crippen molar-refractivity contribution >= 4 is 11.2 Å². The molecule has 3 heterocycles. The standard InChI is InChI=1S/C21H22N6/c1-27-12-15(11-24-27)20-25-19-17(8-9-23-21(19)26-20)14-6-7-16-13(10-14)4-2-3-5-18(16)22/h6-12,18H,2-5,22H2,1H3,(H,23,25,26)/t18-/m0/s1. The molecule has 5 rings (SSSR count). The summed E-state index contributed by atoms with van der Waals surface area (Å²) in [5, 5.41) is 4.23. The molecule has 6 heteroatoms. The highest BCUT2D eigenvalue weighted by Gasteiger charge is 2.17. The Morgan fingerprint density at radius 1 is 1.19 bits per heavy atom. The molecule has 4 aromatic rings. The average Bonchev–Trinajstić information content (AvgIpc) is 3.26. The van der Waals surface area contributed by atoms with E-state index in [1.165, 1.54) is 29.5 Å². The van der Waals surface area contributed by atoms with Crippen LogP contribution in [0.1, 0.15) is 36.4 Å². The van der Waals surface area contributed by atoms with Gasteiger partial charge in [-0.05, 0) is 42.0 Å². The van der Waals surface area contributed by atoms with E-state index in [0.29, 0.717) is 0 Å². The number of rotatable bonds is 2. The summed E-state index contributed by atoms with van der Waals surface area (Å²) in [6, 6.07) is 8.86. The van der Waals surface area contributed by atoms with E-state index in [1.807, 2.05) is 25.5 Å². The van der Waals surface area contributed by atoms with Gasteiger partial charge in [0.25, 0.3) is 0 Å². The van der Waals surface area contributed by atoms with Crippen molar-refractivity contribution in [3.05, 3.63) is 54.0 Å². The Morgan fingerprint density at radius 3 is 2.96 bits per heavy atom. The molecule has 0 fully saturated rings. The zero-order valence-electron chi connectivity index (χ0n) is 15.3. The predicted molar refractivity (Wildman–Crippen MR) is 106 cm³/mol. The SMILES string of the molecule is Cn1cc(-c2nc3nccc(-c4ccc5c(c4)CCCC[C@@H]5N)c3[nH]2)cn1. The molecule has 0 unspecified atom stereocenters. The lowest BCUT2D eigenvalue weighted by atomic mass is 9.94. The lowest BCUT2D eigenvalue weighted by Crippen LogP contribution is -2.10. The molecule has 27 heavy (non-hydrogen) atoms. The van der Waals surface area contributed by atoms with E-state index in [-0.39, 0.29) is 6.04 Å². The van der Waals surface area contributed by atoms with Gasteiger partial charge < -0.3 is 10.7 Å². The van der Waals surface area contributed by atoms with E-state index in [1.54, 1.807) is 10.9 Å². The Hall–Kier alpha value is -2.99. The van der Waals surface area contributed by atoms with Crippen LogP contribution in [-0.4, -0.2) is 24.7 Å². The number of imidazole rings is 1. The molecule has 0 amide bonds. The molecule has 0 spiro atoms. The fraction of sp³-hybridized carbons (Fsp3) is 0.286. The molecular formula is C21H22N6. The van der Waals surface area contributed by atoms with Crippen molar-refractivity contribution < 1.29 is 0 Å². The number of aryl methyl sites for hydroxylation is 2. The number of benzene rings is 1. The van der Waals surface area contributed by atoms with Gasteiger partial charge in [-0.15, -0.1) is 0 Å². The van der Waals surface area contributed by atoms with Crippen molar-refractivity contribution in [2.75, 3.05) is 0 Å². The molecule has 3 aromatic heterocycles. The number of hydrogen-bond donors (Lipinski definition) is 2. The van der Waals surface area contributed by atoms with Crippen LogP contribution in [0.5, 0.6) is 0 Å². The average molecular weight is 358 g/mol. The summed E-state index contributed by atoms with van der Waals surface area (Å²) in [6.45, 7) is 0. The minimum atomic E-state index is 0.151. The first-order valence-electron chi connectivity index (χ1n) is 9.41. The van der Waals surface area contributed by atoms with Crippen LogP contribution >= 0.6 is 0 Å². The second-order valence-corrected chi connectivity index (χ2v) is 7.31. The highest BCUT2D eigenvalue weighted by molar-refractivity contribution is 5.91. The van der Waals surface area contributed by atoms with Crippen molar-refractivity contribution in [2.24, 2.45) is 12.8 Å². The third-order valence-electron chi connectivity index (χ3n) is 5.44. The van der Waals surface area contributed by atoms with Gasteiger partial charge in [0.2, 0.25) is 0 Å². The molecule has 1 aromatic carbocycles. The van der Waals surface area contributed by atoms with Crippen molar-refractivity contribution in [2.45, 2.75) is 31.7 Å². The monoisotopic (exact) mass is 358 g/mol. The molecule has 0 aliphatic heterocycles. The first-order valence-corrected chi connectivity index (χ1v) is 9.41. The van der Waals surface area contributed by atoms with Crippen LogP contribution in [0.2, 0.25) is 0 Å². The van der Waals surface area contributed by atoms with Crippen molar-refractivity contribution in [3.8, 4) is 22.5 Å². The summed E-state index contributed by atoms with van der Waals surface area (Å²) in [5.41, 5.74) is 13.9. The molecule has 3 N–H and O–H groups in total. The van der Waals surface area contributed by atoms with E-state index in [4.69, 9.17) is 5.73 Å². The molecule has 0 saturated carbocycles. The summed E-state index contributed by atoms with van der Waals surface area (Å²) in [4.78, 5) is 12.5. The number of aromatic amines is 1. The van der Waals surface area contributed by atoms with Crippen LogP contribution in [-0.2, 0) is 13.5 Å². The number of aromatic nitrogens is 5. The van der Waals surface area contributed by atoms with Gasteiger partial charge in [0.1, 0.15) is 5.82 Å². The van der Waals surface area contributed by atoms with Crippen molar-refractivity contribution in [3.63, 3.8) is 0 Å². The second kappa shape index (κ2) is 6.32. The molecule has 0 radical (unpaired) electrons. The van der Waals surface area contributed by atoms with Gasteiger partial charge in [-0.3, -0.25) is 4.68 Å². The number of H-pyrrole nitrogens is 1. The predicted octanol–water partition coefficient (Wildman–Crippen LogP) is 3.75. The quantitative estimate of drug-likeness (QED) is 0.534. The van der Waals surface area contributed by atoms with Crippen molar-refractivity contribution in [1.82, 2.24) is 24.7 Å². The Morgan fingerprint density at radius 2 is 2.11 bits per heavy atom. The number of hydrogen-bond acceptors (Lipinski definition) is 4. The summed E-state index contributed by atoms with van der Waals surface area (Å²) < 4.78 is 1.77. The molecule has 1 aliphatic carbocycles. The fourth-order valence-electron chi connectivity index (χ4n) is 4.02. The smallest absolute Gasteiger partial charge is 0.178 e. The van der Waals surface area contributed by atoms with Gasteiger partial charge in [0.15, 0.2) is 5.65 Å². The largest absolute Gasteiger partial charge is 0.336 e. The number of nitrogens with zero attached hydrogens (tertiary/aromatic N) is 4. The zero-order valence-corrected chi connectivity index (χ0v) is 15.3. The van der Waals surface area contributed by atoms with E-state index in [2.05, 4.69) is 38.2 Å². The summed E-state index contributed by atoms with van der Waals surface area (Å²) in [6.07, 6.45) is 10.1. The van der Waals surface area contributed by atoms with E-state index in [9.17, 15) is 0 Å². The third-order valence-corrected chi connectivity index (χ3v) is 5.44. The Balaban J connectivity index is 1.63. The topological polar surface area (TPSA) is 85.4 Å². The molecular weight excluding hydrogens is 336 g/mol. The minimum Gasteiger partial charge on any atom is -0.336 e. The first kappa shape index (κ1) is 16.2. The number of fused-ring (bicyclic) bond motifs is 2. The Labute approximate surface area is 157 Å². The molecule has 136 valence electrons. The summed E-state index contributed by atoms with van der Waals surface area (Å²) in [5.74, 6) is 0.787. The molecule has 0 saturated heterocycles. The van der Waals surface area contributed by atoms with Crippen LogP contribution in [0.25, 0.3) is 33.7 Å². The molecule has 1 aliphatic rings.